The molecule has 1 N–H and O–H groups in total. The molecule has 2 nitrogen and oxygen atoms in total. The molecule has 0 spiro atoms. The van der Waals surface area contributed by atoms with E-state index in [9.17, 15) is 0 Å². The summed E-state index contributed by atoms with van der Waals surface area (Å²) in [7, 11) is 0. The Bertz CT molecular complexity index is 486. The lowest BCUT2D eigenvalue weighted by atomic mass is 10.1. The van der Waals surface area contributed by atoms with E-state index in [1.54, 1.807) is 0 Å². The van der Waals surface area contributed by atoms with Gasteiger partial charge in [0.1, 0.15) is 11.5 Å². The van der Waals surface area contributed by atoms with Crippen molar-refractivity contribution in [1.82, 2.24) is 5.32 Å². The van der Waals surface area contributed by atoms with Crippen LogP contribution in [-0.4, -0.2) is 6.54 Å². The van der Waals surface area contributed by atoms with Crippen LogP contribution in [0.3, 0.4) is 0 Å². The van der Waals surface area contributed by atoms with E-state index in [0.717, 1.165) is 30.9 Å². The number of hydrogen-bond donors (Lipinski definition) is 1. The van der Waals surface area contributed by atoms with Crippen LogP contribution in [0.1, 0.15) is 41.2 Å². The average molecular weight is 263 g/mol. The molecule has 2 aromatic rings. The molecule has 18 heavy (non-hydrogen) atoms. The molecule has 3 heteroatoms. The molecule has 2 aromatic heterocycles. The van der Waals surface area contributed by atoms with Crippen molar-refractivity contribution in [1.29, 1.82) is 0 Å². The zero-order valence-corrected chi connectivity index (χ0v) is 12.1. The van der Waals surface area contributed by atoms with Crippen LogP contribution in [0, 0.1) is 6.92 Å². The first-order valence-electron chi connectivity index (χ1n) is 6.60. The lowest BCUT2D eigenvalue weighted by Gasteiger charge is -2.14. The Balaban J connectivity index is 2.10. The van der Waals surface area contributed by atoms with Crippen molar-refractivity contribution in [3.8, 4) is 0 Å². The Hall–Kier alpha value is -1.06. The van der Waals surface area contributed by atoms with Crippen LogP contribution >= 0.6 is 11.3 Å². The Morgan fingerprint density at radius 3 is 2.50 bits per heavy atom. The van der Waals surface area contributed by atoms with Gasteiger partial charge >= 0.3 is 0 Å². The summed E-state index contributed by atoms with van der Waals surface area (Å²) in [5.74, 6) is 2.02. The smallest absolute Gasteiger partial charge is 0.121 e. The average Bonchev–Trinajstić information content (AvgIpc) is 2.97. The lowest BCUT2D eigenvalue weighted by molar-refractivity contribution is 0.404. The molecule has 0 fully saturated rings. The van der Waals surface area contributed by atoms with Crippen LogP contribution in [-0.2, 0) is 12.8 Å². The summed E-state index contributed by atoms with van der Waals surface area (Å²) in [5, 5.41) is 3.50. The molecular formula is C15H21NOS. The van der Waals surface area contributed by atoms with Gasteiger partial charge in [0.05, 0.1) is 6.04 Å². The minimum atomic E-state index is 0.284. The lowest BCUT2D eigenvalue weighted by Crippen LogP contribution is -2.22. The highest BCUT2D eigenvalue weighted by molar-refractivity contribution is 7.11. The highest BCUT2D eigenvalue weighted by atomic mass is 32.1. The van der Waals surface area contributed by atoms with Gasteiger partial charge in [-0.05, 0) is 44.2 Å². The van der Waals surface area contributed by atoms with Crippen molar-refractivity contribution in [2.45, 2.75) is 39.7 Å². The zero-order valence-electron chi connectivity index (χ0n) is 11.3. The van der Waals surface area contributed by atoms with E-state index in [4.69, 9.17) is 4.42 Å². The van der Waals surface area contributed by atoms with E-state index in [-0.39, 0.29) is 6.04 Å². The van der Waals surface area contributed by atoms with Gasteiger partial charge < -0.3 is 9.73 Å². The van der Waals surface area contributed by atoms with Crippen molar-refractivity contribution in [2.24, 2.45) is 0 Å². The van der Waals surface area contributed by atoms with E-state index in [1.165, 1.54) is 9.75 Å². The van der Waals surface area contributed by atoms with Gasteiger partial charge in [-0.15, -0.1) is 11.3 Å². The topological polar surface area (TPSA) is 25.2 Å². The second-order valence-electron chi connectivity index (χ2n) is 4.48. The quantitative estimate of drug-likeness (QED) is 0.848. The largest absolute Gasteiger partial charge is 0.465 e. The summed E-state index contributed by atoms with van der Waals surface area (Å²) in [6, 6.07) is 8.87. The van der Waals surface area contributed by atoms with Crippen molar-refractivity contribution in [2.75, 3.05) is 6.54 Å². The van der Waals surface area contributed by atoms with Crippen LogP contribution in [0.15, 0.2) is 28.7 Å². The molecule has 0 saturated heterocycles. The molecule has 2 heterocycles. The number of hydrogen-bond acceptors (Lipinski definition) is 3. The molecule has 0 bridgehead atoms. The minimum absolute atomic E-state index is 0.284. The Labute approximate surface area is 113 Å². The second-order valence-corrected chi connectivity index (χ2v) is 5.74. The van der Waals surface area contributed by atoms with Crippen LogP contribution in [0.25, 0.3) is 0 Å². The SMILES string of the molecule is CCNC(Cc1ccc(CC)s1)c1ccc(C)o1. The number of thiophene rings is 1. The maximum absolute atomic E-state index is 5.75. The number of furan rings is 1. The molecule has 0 aliphatic heterocycles. The molecule has 0 saturated carbocycles. The summed E-state index contributed by atoms with van der Waals surface area (Å²) >= 11 is 1.91. The highest BCUT2D eigenvalue weighted by Gasteiger charge is 2.15. The number of rotatable bonds is 6. The minimum Gasteiger partial charge on any atom is -0.465 e. The summed E-state index contributed by atoms with van der Waals surface area (Å²) in [5.41, 5.74) is 0. The fourth-order valence-corrected chi connectivity index (χ4v) is 3.09. The van der Waals surface area contributed by atoms with Crippen molar-refractivity contribution in [3.63, 3.8) is 0 Å². The van der Waals surface area contributed by atoms with Gasteiger partial charge in [0.15, 0.2) is 0 Å². The Kier molecular flexibility index (Phi) is 4.61. The van der Waals surface area contributed by atoms with Crippen molar-refractivity contribution in [3.05, 3.63) is 45.5 Å². The van der Waals surface area contributed by atoms with E-state index in [0.29, 0.717) is 0 Å². The summed E-state index contributed by atoms with van der Waals surface area (Å²) in [4.78, 5) is 2.88. The van der Waals surface area contributed by atoms with Crippen LogP contribution in [0.5, 0.6) is 0 Å². The summed E-state index contributed by atoms with van der Waals surface area (Å²) < 4.78 is 5.75. The molecule has 98 valence electrons. The standard InChI is InChI=1S/C15H21NOS/c1-4-12-7-8-13(18-12)10-14(16-5-2)15-9-6-11(3)17-15/h6-9,14,16H,4-5,10H2,1-3H3. The molecule has 0 aliphatic carbocycles. The maximum atomic E-state index is 5.75. The normalized spacial score (nSPS) is 12.8. The monoisotopic (exact) mass is 263 g/mol. The number of nitrogens with one attached hydrogen (secondary N) is 1. The van der Waals surface area contributed by atoms with Gasteiger partial charge in [-0.1, -0.05) is 13.8 Å². The van der Waals surface area contributed by atoms with Crippen LogP contribution in [0.2, 0.25) is 0 Å². The first-order valence-corrected chi connectivity index (χ1v) is 7.41. The predicted octanol–water partition coefficient (Wildman–Crippen LogP) is 4.11. The fraction of sp³-hybridized carbons (Fsp3) is 0.467. The summed E-state index contributed by atoms with van der Waals surface area (Å²) in [6.45, 7) is 7.28. The molecule has 2 rings (SSSR count). The number of likely N-dealkylation sites (N-methyl/N-ethyl adjacent to an activating group) is 1. The third kappa shape index (κ3) is 3.24. The molecule has 0 radical (unpaired) electrons. The maximum Gasteiger partial charge on any atom is 0.121 e. The van der Waals surface area contributed by atoms with Crippen molar-refractivity contribution < 1.29 is 4.42 Å². The molecule has 0 amide bonds. The molecule has 0 aliphatic rings. The summed E-state index contributed by atoms with van der Waals surface area (Å²) in [6.07, 6.45) is 2.13. The third-order valence-electron chi connectivity index (χ3n) is 3.03. The molecule has 1 atom stereocenters. The first-order chi connectivity index (χ1) is 8.72. The highest BCUT2D eigenvalue weighted by Crippen LogP contribution is 2.25. The van der Waals surface area contributed by atoms with Gasteiger partial charge in [0.25, 0.3) is 0 Å². The van der Waals surface area contributed by atoms with Gasteiger partial charge in [0.2, 0.25) is 0 Å². The van der Waals surface area contributed by atoms with E-state index in [1.807, 2.05) is 24.3 Å². The van der Waals surface area contributed by atoms with E-state index < -0.39 is 0 Å². The van der Waals surface area contributed by atoms with E-state index >= 15 is 0 Å². The first kappa shape index (κ1) is 13.4. The van der Waals surface area contributed by atoms with Gasteiger partial charge in [-0.2, -0.15) is 0 Å². The van der Waals surface area contributed by atoms with E-state index in [2.05, 4.69) is 37.4 Å². The second kappa shape index (κ2) is 6.21. The molecule has 1 unspecified atom stereocenters. The van der Waals surface area contributed by atoms with Gasteiger partial charge in [0, 0.05) is 16.2 Å². The van der Waals surface area contributed by atoms with Crippen LogP contribution < -0.4 is 5.32 Å². The van der Waals surface area contributed by atoms with Gasteiger partial charge in [-0.3, -0.25) is 0 Å². The molecular weight excluding hydrogens is 242 g/mol. The van der Waals surface area contributed by atoms with Crippen LogP contribution in [0.4, 0.5) is 0 Å². The van der Waals surface area contributed by atoms with Crippen molar-refractivity contribution >= 4 is 11.3 Å². The zero-order chi connectivity index (χ0) is 13.0. The van der Waals surface area contributed by atoms with Gasteiger partial charge in [-0.25, -0.2) is 0 Å². The fourth-order valence-electron chi connectivity index (χ4n) is 2.08. The third-order valence-corrected chi connectivity index (χ3v) is 4.28. The Morgan fingerprint density at radius 1 is 1.17 bits per heavy atom. The number of aryl methyl sites for hydroxylation is 2. The molecule has 0 aromatic carbocycles. The predicted molar refractivity (Wildman–Crippen MR) is 77.3 cm³/mol. The Morgan fingerprint density at radius 2 is 1.94 bits per heavy atom.